The Morgan fingerprint density at radius 3 is 0.628 bits per heavy atom. The number of rotatable bonds is 32. The Labute approximate surface area is 342 Å². The number of aliphatic carboxylic acids is 2. The van der Waals surface area contributed by atoms with Gasteiger partial charge in [-0.15, -0.1) is 0 Å². The topological polar surface area (TPSA) is 80.3 Å². The van der Waals surface area contributed by atoms with E-state index in [0.717, 1.165) is 25.7 Å². The van der Waals surface area contributed by atoms with Gasteiger partial charge in [0.2, 0.25) is 0 Å². The molecule has 0 aliphatic heterocycles. The quantitative estimate of drug-likeness (QED) is 0.0499. The molecule has 0 aromatic rings. The summed E-state index contributed by atoms with van der Waals surface area (Å²) in [6.45, 7) is 4.53. The van der Waals surface area contributed by atoms with Crippen LogP contribution in [0.25, 0.3) is 0 Å². The molecule has 246 valence electrons. The molecule has 0 fully saturated rings. The van der Waals surface area contributed by atoms with Gasteiger partial charge in [-0.2, -0.15) is 0 Å². The monoisotopic (exact) mass is 884 g/mol. The van der Waals surface area contributed by atoms with Gasteiger partial charge in [-0.3, -0.25) is 0 Å². The number of hydrogen-bond acceptors (Lipinski definition) is 4. The van der Waals surface area contributed by atoms with Crippen molar-refractivity contribution in [2.24, 2.45) is 0 Å². The zero-order chi connectivity index (χ0) is 29.8. The van der Waals surface area contributed by atoms with Crippen molar-refractivity contribution in [3.8, 4) is 0 Å². The first-order valence-electron chi connectivity index (χ1n) is 17.9. The second kappa shape index (κ2) is 50.9. The van der Waals surface area contributed by atoms with Gasteiger partial charge in [0.1, 0.15) is 0 Å². The Hall–Kier alpha value is 2.06. The van der Waals surface area contributed by atoms with Crippen LogP contribution >= 0.6 is 0 Å². The van der Waals surface area contributed by atoms with Gasteiger partial charge in [0.05, 0.1) is 0 Å². The van der Waals surface area contributed by atoms with Crippen molar-refractivity contribution in [1.29, 1.82) is 0 Å². The molecule has 0 aromatic heterocycles. The average Bonchev–Trinajstić information content (AvgIpc) is 2.93. The normalized spacial score (nSPS) is 10.1. The summed E-state index contributed by atoms with van der Waals surface area (Å²) < 4.78 is 0. The third-order valence-corrected chi connectivity index (χ3v) is 7.97. The fraction of sp³-hybridized carbons (Fsp3) is 0.944. The van der Waals surface area contributed by atoms with Gasteiger partial charge in [0.25, 0.3) is 0 Å². The molecule has 0 radical (unpaired) electrons. The second-order valence-electron chi connectivity index (χ2n) is 12.1. The zero-order valence-corrected chi connectivity index (χ0v) is 35.7. The molecule has 0 atom stereocenters. The summed E-state index contributed by atoms with van der Waals surface area (Å²) in [6, 6.07) is 0. The van der Waals surface area contributed by atoms with Crippen molar-refractivity contribution >= 4 is 60.8 Å². The third kappa shape index (κ3) is 59.9. The van der Waals surface area contributed by atoms with Gasteiger partial charge in [-0.25, -0.2) is 0 Å². The van der Waals surface area contributed by atoms with E-state index in [1.165, 1.54) is 167 Å². The molecule has 0 N–H and O–H groups in total. The second-order valence-corrected chi connectivity index (χ2v) is 12.1. The van der Waals surface area contributed by atoms with Gasteiger partial charge in [-0.05, 0) is 25.7 Å². The summed E-state index contributed by atoms with van der Waals surface area (Å²) in [4.78, 5) is 20.4. The molecule has 0 spiro atoms. The molecule has 0 rings (SSSR count). The maximum Gasteiger partial charge on any atom is 2.00 e. The van der Waals surface area contributed by atoms with Crippen molar-refractivity contribution in [2.75, 3.05) is 0 Å². The van der Waals surface area contributed by atoms with Gasteiger partial charge < -0.3 is 19.8 Å². The first-order valence-corrected chi connectivity index (χ1v) is 17.9. The van der Waals surface area contributed by atoms with Crippen molar-refractivity contribution < 1.29 is 66.6 Å². The van der Waals surface area contributed by atoms with Crippen LogP contribution in [-0.4, -0.2) is 60.8 Å². The molecule has 7 heteroatoms. The van der Waals surface area contributed by atoms with Crippen molar-refractivity contribution in [3.63, 3.8) is 0 Å². The number of carbonyl (C=O) groups is 2. The van der Waals surface area contributed by atoms with Crippen LogP contribution < -0.4 is 10.2 Å². The fourth-order valence-corrected chi connectivity index (χ4v) is 5.28. The van der Waals surface area contributed by atoms with E-state index in [2.05, 4.69) is 13.8 Å². The minimum absolute atomic E-state index is 0. The molecule has 0 heterocycles. The van der Waals surface area contributed by atoms with Gasteiger partial charge in [-0.1, -0.05) is 194 Å². The maximum absolute atomic E-state index is 10.2. The van der Waals surface area contributed by atoms with Crippen molar-refractivity contribution in [3.05, 3.63) is 0 Å². The zero-order valence-electron chi connectivity index (χ0n) is 28.7. The molecule has 43 heavy (non-hydrogen) atoms. The van der Waals surface area contributed by atoms with E-state index in [1.54, 1.807) is 0 Å². The summed E-state index contributed by atoms with van der Waals surface area (Å²) in [6.07, 6.45) is 39.7. The van der Waals surface area contributed by atoms with Crippen LogP contribution in [0.5, 0.6) is 0 Å². The SMILES string of the molecule is CCCCCCCCCCCCCCCCCC(=O)[O-].CCCCCCCCCCCCCCCCCC(=O)[O-].[BaH2].[Cd].[Zn+2]. The van der Waals surface area contributed by atoms with E-state index in [1.807, 2.05) is 0 Å². The van der Waals surface area contributed by atoms with E-state index in [4.69, 9.17) is 0 Å². The van der Waals surface area contributed by atoms with E-state index < -0.39 is 11.9 Å². The number of carboxylic acids is 2. The van der Waals surface area contributed by atoms with Crippen molar-refractivity contribution in [2.45, 2.75) is 219 Å². The summed E-state index contributed by atoms with van der Waals surface area (Å²) in [7, 11) is 0. The minimum Gasteiger partial charge on any atom is 0 e. The molecule has 0 saturated carbocycles. The third-order valence-electron chi connectivity index (χ3n) is 7.97. The Balaban J connectivity index is -0.000000209. The van der Waals surface area contributed by atoms with Crippen LogP contribution in [0.1, 0.15) is 219 Å². The fourth-order valence-electron chi connectivity index (χ4n) is 5.28. The first kappa shape index (κ1) is 54.5. The number of unbranched alkanes of at least 4 members (excludes halogenated alkanes) is 28. The van der Waals surface area contributed by atoms with Crippen LogP contribution in [0.2, 0.25) is 0 Å². The Morgan fingerprint density at radius 2 is 0.488 bits per heavy atom. The summed E-state index contributed by atoms with van der Waals surface area (Å²) in [5, 5.41) is 20.4. The van der Waals surface area contributed by atoms with Gasteiger partial charge >= 0.3 is 68.4 Å². The molecule has 0 amide bonds. The maximum atomic E-state index is 10.2. The summed E-state index contributed by atoms with van der Waals surface area (Å²) in [5.74, 6) is -1.81. The van der Waals surface area contributed by atoms with Gasteiger partial charge in [0, 0.05) is 39.2 Å². The molecular weight excluding hydrogens is 812 g/mol. The molecule has 4 nitrogen and oxygen atoms in total. The predicted molar refractivity (Wildman–Crippen MR) is 178 cm³/mol. The molecule has 0 aliphatic carbocycles. The van der Waals surface area contributed by atoms with Crippen molar-refractivity contribution in [1.82, 2.24) is 0 Å². The Bertz CT molecular complexity index is 468. The van der Waals surface area contributed by atoms with Crippen LogP contribution in [0.15, 0.2) is 0 Å². The van der Waals surface area contributed by atoms with Crippen LogP contribution in [0.4, 0.5) is 0 Å². The first-order chi connectivity index (χ1) is 19.5. The molecular formula is C36H72BaCdO4Zn. The molecule has 0 unspecified atom stereocenters. The number of carboxylic acid groups (broad SMARTS) is 2. The predicted octanol–water partition coefficient (Wildman–Crippen LogP) is 9.07. The van der Waals surface area contributed by atoms with E-state index >= 15 is 0 Å². The molecule has 0 aromatic carbocycles. The Morgan fingerprint density at radius 1 is 0.349 bits per heavy atom. The average molecular weight is 884 g/mol. The van der Waals surface area contributed by atoms with E-state index in [-0.39, 0.29) is 108 Å². The summed E-state index contributed by atoms with van der Waals surface area (Å²) in [5.41, 5.74) is 0. The largest absolute Gasteiger partial charge is 2.00 e. The molecule has 0 saturated heterocycles. The molecule has 0 aliphatic rings. The smallest absolute Gasteiger partial charge is 0 e. The number of hydrogen-bond donors (Lipinski definition) is 0. The minimum atomic E-state index is -0.903. The van der Waals surface area contributed by atoms with Crippen LogP contribution in [0.3, 0.4) is 0 Å². The van der Waals surface area contributed by atoms with Crippen LogP contribution in [0, 0.1) is 0 Å². The number of carbonyl (C=O) groups excluding carboxylic acids is 2. The summed E-state index contributed by atoms with van der Waals surface area (Å²) >= 11 is 0. The van der Waals surface area contributed by atoms with Crippen LogP contribution in [-0.2, 0) is 56.4 Å². The standard InChI is InChI=1S/2C18H36O2.Ba.Cd.Zn.2H/c2*1-2-3-4-5-6-7-8-9-10-11-12-13-14-15-16-17-18(19)20;;;;;/h2*2-17H2,1H3,(H,19,20);;;;;/q;;;;+2;;/p-2. The van der Waals surface area contributed by atoms with Gasteiger partial charge in [0.15, 0.2) is 0 Å². The molecule has 0 bridgehead atoms. The van der Waals surface area contributed by atoms with E-state index in [0.29, 0.717) is 0 Å². The van der Waals surface area contributed by atoms with E-state index in [9.17, 15) is 19.8 Å². The Kier molecular flexibility index (Phi) is 64.5.